The summed E-state index contributed by atoms with van der Waals surface area (Å²) >= 11 is 0. The summed E-state index contributed by atoms with van der Waals surface area (Å²) in [6, 6.07) is 3.89. The minimum Gasteiger partial charge on any atom is -0.493 e. The normalized spacial score (nSPS) is 14.8. The molecule has 0 fully saturated rings. The summed E-state index contributed by atoms with van der Waals surface area (Å²) in [4.78, 5) is 0. The van der Waals surface area contributed by atoms with Crippen LogP contribution < -0.4 is 19.5 Å². The van der Waals surface area contributed by atoms with E-state index in [4.69, 9.17) is 18.9 Å². The van der Waals surface area contributed by atoms with Crippen LogP contribution in [0, 0.1) is 0 Å². The van der Waals surface area contributed by atoms with Crippen molar-refractivity contribution >= 4 is 0 Å². The fraction of sp³-hybridized carbons (Fsp3) is 0.600. The molecular weight excluding hydrogens is 274 g/mol. The van der Waals surface area contributed by atoms with E-state index in [1.165, 1.54) is 0 Å². The molecule has 1 atom stereocenters. The topological polar surface area (TPSA) is 69.2 Å². The zero-order valence-corrected chi connectivity index (χ0v) is 12.6. The van der Waals surface area contributed by atoms with Gasteiger partial charge in [0.05, 0.1) is 19.8 Å². The number of hydrogen-bond acceptors (Lipinski definition) is 6. The van der Waals surface area contributed by atoms with Crippen LogP contribution in [0.1, 0.15) is 12.0 Å². The Hall–Kier alpha value is -1.50. The van der Waals surface area contributed by atoms with Gasteiger partial charge in [-0.25, -0.2) is 0 Å². The lowest BCUT2D eigenvalue weighted by molar-refractivity contribution is 0.0594. The van der Waals surface area contributed by atoms with Gasteiger partial charge < -0.3 is 29.4 Å². The molecule has 1 heterocycles. The standard InChI is InChI=1S/C15H23NO5/c1-18-10-12(17)3-4-16-9-11-7-13(19-2)15-14(8-11)20-5-6-21-15/h7-8,12,16-17H,3-6,9-10H2,1-2H3. The molecule has 1 unspecified atom stereocenters. The summed E-state index contributed by atoms with van der Waals surface area (Å²) in [5.74, 6) is 2.07. The van der Waals surface area contributed by atoms with Gasteiger partial charge in [0.2, 0.25) is 5.75 Å². The van der Waals surface area contributed by atoms with Gasteiger partial charge in [0.1, 0.15) is 13.2 Å². The van der Waals surface area contributed by atoms with Crippen LogP contribution in [-0.2, 0) is 11.3 Å². The maximum absolute atomic E-state index is 9.57. The second kappa shape index (κ2) is 8.07. The Morgan fingerprint density at radius 3 is 2.86 bits per heavy atom. The number of aliphatic hydroxyl groups is 1. The molecule has 1 aliphatic heterocycles. The third-order valence-electron chi connectivity index (χ3n) is 3.23. The molecule has 1 aliphatic rings. The maximum Gasteiger partial charge on any atom is 0.203 e. The fourth-order valence-electron chi connectivity index (χ4n) is 2.21. The van der Waals surface area contributed by atoms with Crippen molar-refractivity contribution in [1.82, 2.24) is 5.32 Å². The number of nitrogens with one attached hydrogen (secondary N) is 1. The van der Waals surface area contributed by atoms with E-state index in [0.717, 1.165) is 11.3 Å². The average Bonchev–Trinajstić information content (AvgIpc) is 2.51. The molecule has 6 heteroatoms. The van der Waals surface area contributed by atoms with Crippen LogP contribution in [0.5, 0.6) is 17.2 Å². The zero-order valence-electron chi connectivity index (χ0n) is 12.6. The summed E-state index contributed by atoms with van der Waals surface area (Å²) in [6.45, 7) is 2.84. The van der Waals surface area contributed by atoms with Gasteiger partial charge in [-0.05, 0) is 30.7 Å². The van der Waals surface area contributed by atoms with Gasteiger partial charge in [0.25, 0.3) is 0 Å². The smallest absolute Gasteiger partial charge is 0.203 e. The average molecular weight is 297 g/mol. The Bertz CT molecular complexity index is 435. The molecule has 0 bridgehead atoms. The van der Waals surface area contributed by atoms with Crippen LogP contribution in [0.15, 0.2) is 12.1 Å². The molecule has 6 nitrogen and oxygen atoms in total. The Kier molecular flexibility index (Phi) is 6.10. The number of fused-ring (bicyclic) bond motifs is 1. The van der Waals surface area contributed by atoms with Gasteiger partial charge in [-0.3, -0.25) is 0 Å². The molecule has 21 heavy (non-hydrogen) atoms. The predicted octanol–water partition coefficient (Wildman–Crippen LogP) is 0.953. The third kappa shape index (κ3) is 4.49. The lowest BCUT2D eigenvalue weighted by Crippen LogP contribution is -2.23. The second-order valence-electron chi connectivity index (χ2n) is 4.90. The van der Waals surface area contributed by atoms with E-state index in [9.17, 15) is 5.11 Å². The Morgan fingerprint density at radius 1 is 1.29 bits per heavy atom. The molecular formula is C15H23NO5. The number of aliphatic hydroxyl groups excluding tert-OH is 1. The van der Waals surface area contributed by atoms with Gasteiger partial charge >= 0.3 is 0 Å². The molecule has 0 amide bonds. The van der Waals surface area contributed by atoms with Crippen molar-refractivity contribution in [1.29, 1.82) is 0 Å². The highest BCUT2D eigenvalue weighted by Gasteiger charge is 2.18. The van der Waals surface area contributed by atoms with E-state index in [-0.39, 0.29) is 0 Å². The lowest BCUT2D eigenvalue weighted by atomic mass is 10.1. The van der Waals surface area contributed by atoms with E-state index in [1.807, 2.05) is 12.1 Å². The minimum absolute atomic E-state index is 0.361. The van der Waals surface area contributed by atoms with Crippen molar-refractivity contribution in [3.63, 3.8) is 0 Å². The molecule has 0 saturated carbocycles. The van der Waals surface area contributed by atoms with E-state index in [0.29, 0.717) is 50.8 Å². The first-order chi connectivity index (χ1) is 10.2. The number of hydrogen-bond donors (Lipinski definition) is 2. The first-order valence-corrected chi connectivity index (χ1v) is 7.08. The van der Waals surface area contributed by atoms with Gasteiger partial charge in [-0.1, -0.05) is 0 Å². The first kappa shape index (κ1) is 15.9. The van der Waals surface area contributed by atoms with E-state index < -0.39 is 6.10 Å². The molecule has 0 spiro atoms. The highest BCUT2D eigenvalue weighted by molar-refractivity contribution is 5.54. The molecule has 2 rings (SSSR count). The number of methoxy groups -OCH3 is 2. The Morgan fingerprint density at radius 2 is 2.10 bits per heavy atom. The molecule has 0 aromatic heterocycles. The second-order valence-corrected chi connectivity index (χ2v) is 4.90. The molecule has 1 aromatic carbocycles. The van der Waals surface area contributed by atoms with Crippen LogP contribution in [0.25, 0.3) is 0 Å². The van der Waals surface area contributed by atoms with Crippen LogP contribution in [0.4, 0.5) is 0 Å². The third-order valence-corrected chi connectivity index (χ3v) is 3.23. The van der Waals surface area contributed by atoms with Gasteiger partial charge in [-0.15, -0.1) is 0 Å². The number of benzene rings is 1. The highest BCUT2D eigenvalue weighted by atomic mass is 16.6. The van der Waals surface area contributed by atoms with Crippen molar-refractivity contribution in [3.8, 4) is 17.2 Å². The first-order valence-electron chi connectivity index (χ1n) is 7.08. The molecule has 1 aromatic rings. The maximum atomic E-state index is 9.57. The largest absolute Gasteiger partial charge is 0.493 e. The quantitative estimate of drug-likeness (QED) is 0.696. The fourth-order valence-corrected chi connectivity index (χ4v) is 2.21. The molecule has 2 N–H and O–H groups in total. The van der Waals surface area contributed by atoms with E-state index in [2.05, 4.69) is 5.32 Å². The van der Waals surface area contributed by atoms with Crippen molar-refractivity contribution in [2.75, 3.05) is 40.6 Å². The van der Waals surface area contributed by atoms with Crippen molar-refractivity contribution in [3.05, 3.63) is 17.7 Å². The van der Waals surface area contributed by atoms with Gasteiger partial charge in [0.15, 0.2) is 11.5 Å². The Labute approximate surface area is 125 Å². The number of rotatable bonds is 8. The molecule has 0 saturated heterocycles. The molecule has 118 valence electrons. The molecule has 0 radical (unpaired) electrons. The summed E-state index contributed by atoms with van der Waals surface area (Å²) in [5.41, 5.74) is 1.05. The van der Waals surface area contributed by atoms with Gasteiger partial charge in [0, 0.05) is 13.7 Å². The summed E-state index contributed by atoms with van der Waals surface area (Å²) in [6.07, 6.45) is 0.215. The summed E-state index contributed by atoms with van der Waals surface area (Å²) in [7, 11) is 3.20. The van der Waals surface area contributed by atoms with Crippen LogP contribution in [0.3, 0.4) is 0 Å². The molecule has 0 aliphatic carbocycles. The predicted molar refractivity (Wildman–Crippen MR) is 78.2 cm³/mol. The minimum atomic E-state index is -0.433. The van der Waals surface area contributed by atoms with Crippen molar-refractivity contribution in [2.24, 2.45) is 0 Å². The lowest BCUT2D eigenvalue weighted by Gasteiger charge is -2.21. The van der Waals surface area contributed by atoms with Crippen LogP contribution in [0.2, 0.25) is 0 Å². The van der Waals surface area contributed by atoms with Crippen LogP contribution >= 0.6 is 0 Å². The van der Waals surface area contributed by atoms with Crippen molar-refractivity contribution in [2.45, 2.75) is 19.1 Å². The monoisotopic (exact) mass is 297 g/mol. The van der Waals surface area contributed by atoms with E-state index in [1.54, 1.807) is 14.2 Å². The van der Waals surface area contributed by atoms with E-state index >= 15 is 0 Å². The summed E-state index contributed by atoms with van der Waals surface area (Å²) < 4.78 is 21.4. The van der Waals surface area contributed by atoms with Crippen LogP contribution in [-0.4, -0.2) is 51.8 Å². The summed E-state index contributed by atoms with van der Waals surface area (Å²) in [5, 5.41) is 12.8. The Balaban J connectivity index is 1.88. The zero-order chi connectivity index (χ0) is 15.1. The van der Waals surface area contributed by atoms with Crippen molar-refractivity contribution < 1.29 is 24.1 Å². The van der Waals surface area contributed by atoms with Gasteiger partial charge in [-0.2, -0.15) is 0 Å². The SMILES string of the molecule is COCC(O)CCNCc1cc(OC)c2c(c1)OCCO2. The highest BCUT2D eigenvalue weighted by Crippen LogP contribution is 2.40. The number of ether oxygens (including phenoxy) is 4.